The summed E-state index contributed by atoms with van der Waals surface area (Å²) in [5.41, 5.74) is -0.608. The fourth-order valence-electron chi connectivity index (χ4n) is 3.02. The summed E-state index contributed by atoms with van der Waals surface area (Å²) >= 11 is 6.87. The number of ketones is 2. The number of carbonyl (C=O) groups is 2. The Labute approximate surface area is 100 Å². The van der Waals surface area contributed by atoms with Gasteiger partial charge in [0.1, 0.15) is 0 Å². The van der Waals surface area contributed by atoms with Crippen molar-refractivity contribution in [3.05, 3.63) is 0 Å². The number of rotatable bonds is 2. The molecule has 78 valence electrons. The minimum atomic E-state index is -0.432. The smallest absolute Gasteiger partial charge is 0.206 e. The van der Waals surface area contributed by atoms with E-state index < -0.39 is 5.41 Å². The summed E-state index contributed by atoms with van der Waals surface area (Å²) in [5.74, 6) is -0.336. The van der Waals surface area contributed by atoms with E-state index in [9.17, 15) is 9.59 Å². The molecule has 14 heavy (non-hydrogen) atoms. The Morgan fingerprint density at radius 3 is 2.43 bits per heavy atom. The van der Waals surface area contributed by atoms with Crippen LogP contribution in [-0.2, 0) is 9.59 Å². The van der Waals surface area contributed by atoms with Crippen molar-refractivity contribution >= 4 is 43.4 Å². The average Bonchev–Trinajstić information content (AvgIpc) is 2.57. The Morgan fingerprint density at radius 1 is 1.36 bits per heavy atom. The first kappa shape index (κ1) is 10.8. The van der Waals surface area contributed by atoms with Crippen LogP contribution in [0.4, 0.5) is 0 Å². The van der Waals surface area contributed by atoms with Gasteiger partial charge < -0.3 is 0 Å². The number of Topliss-reactive ketones (excluding diaryl/α,β-unsaturated/α-hetero) is 2. The van der Waals surface area contributed by atoms with Gasteiger partial charge in [-0.15, -0.1) is 0 Å². The highest BCUT2D eigenvalue weighted by molar-refractivity contribution is 9.09. The first-order chi connectivity index (χ1) is 6.53. The molecule has 0 aromatic rings. The fraction of sp³-hybridized carbons (Fsp3) is 0.800. The molecule has 0 radical (unpaired) electrons. The van der Waals surface area contributed by atoms with Crippen LogP contribution in [0.5, 0.6) is 0 Å². The highest BCUT2D eigenvalue weighted by Gasteiger charge is 2.69. The summed E-state index contributed by atoms with van der Waals surface area (Å²) in [6, 6.07) is 0. The van der Waals surface area contributed by atoms with Crippen molar-refractivity contribution in [2.75, 3.05) is 10.7 Å². The van der Waals surface area contributed by atoms with E-state index in [1.54, 1.807) is 0 Å². The number of hydrogen-bond donors (Lipinski definition) is 0. The first-order valence-electron chi connectivity index (χ1n) is 4.74. The van der Waals surface area contributed by atoms with Gasteiger partial charge >= 0.3 is 0 Å². The molecule has 0 N–H and O–H groups in total. The largest absolute Gasteiger partial charge is 0.291 e. The molecule has 0 aromatic heterocycles. The van der Waals surface area contributed by atoms with Crippen LogP contribution in [-0.4, -0.2) is 22.2 Å². The Bertz CT molecular complexity index is 315. The van der Waals surface area contributed by atoms with E-state index in [-0.39, 0.29) is 22.9 Å². The van der Waals surface area contributed by atoms with E-state index in [0.717, 1.165) is 18.2 Å². The molecule has 0 heterocycles. The van der Waals surface area contributed by atoms with Crippen LogP contribution in [0.2, 0.25) is 0 Å². The van der Waals surface area contributed by atoms with Gasteiger partial charge in [-0.1, -0.05) is 38.8 Å². The Morgan fingerprint density at radius 2 is 2.00 bits per heavy atom. The number of halogens is 2. The van der Waals surface area contributed by atoms with Crippen molar-refractivity contribution in [1.82, 2.24) is 0 Å². The lowest BCUT2D eigenvalue weighted by Gasteiger charge is -2.35. The third-order valence-corrected chi connectivity index (χ3v) is 6.32. The molecule has 0 unspecified atom stereocenters. The maximum absolute atomic E-state index is 11.9. The summed E-state index contributed by atoms with van der Waals surface area (Å²) in [5, 5.41) is 1.34. The molecular weight excluding hydrogens is 312 g/mol. The molecule has 4 heteroatoms. The van der Waals surface area contributed by atoms with Crippen LogP contribution in [0.25, 0.3) is 0 Å². The van der Waals surface area contributed by atoms with Gasteiger partial charge in [-0.3, -0.25) is 9.59 Å². The lowest BCUT2D eigenvalue weighted by molar-refractivity contribution is -0.141. The third-order valence-electron chi connectivity index (χ3n) is 4.20. The van der Waals surface area contributed by atoms with Crippen molar-refractivity contribution < 1.29 is 9.59 Å². The molecular formula is C10H12Br2O2. The summed E-state index contributed by atoms with van der Waals surface area (Å²) < 4.78 is 0. The van der Waals surface area contributed by atoms with Gasteiger partial charge in [0.25, 0.3) is 0 Å². The van der Waals surface area contributed by atoms with Crippen molar-refractivity contribution in [3.63, 3.8) is 0 Å². The van der Waals surface area contributed by atoms with E-state index in [0.29, 0.717) is 5.33 Å². The molecule has 0 aliphatic heterocycles. The van der Waals surface area contributed by atoms with Crippen LogP contribution in [0, 0.1) is 16.7 Å². The molecule has 0 aromatic carbocycles. The molecule has 0 saturated heterocycles. The van der Waals surface area contributed by atoms with Crippen molar-refractivity contribution in [3.8, 4) is 0 Å². The standard InChI is InChI=1S/C10H12Br2O2/c1-9(4-11)6-2-3-10(9,5-12)8(14)7(6)13/h6H,2-5H2,1H3/t6-,9+,10+/m0/s1. The van der Waals surface area contributed by atoms with E-state index in [1.807, 2.05) is 0 Å². The maximum atomic E-state index is 11.9. The molecule has 3 atom stereocenters. The number of carbonyl (C=O) groups excluding carboxylic acids is 2. The quantitative estimate of drug-likeness (QED) is 0.577. The van der Waals surface area contributed by atoms with Crippen LogP contribution >= 0.6 is 31.9 Å². The Balaban J connectivity index is 2.55. The monoisotopic (exact) mass is 322 g/mol. The van der Waals surface area contributed by atoms with Gasteiger partial charge in [-0.05, 0) is 12.8 Å². The lowest BCUT2D eigenvalue weighted by atomic mass is 9.70. The Kier molecular flexibility index (Phi) is 2.43. The lowest BCUT2D eigenvalue weighted by Crippen LogP contribution is -2.41. The summed E-state index contributed by atoms with van der Waals surface area (Å²) in [7, 11) is 0. The average molecular weight is 324 g/mol. The number of fused-ring (bicyclic) bond motifs is 2. The predicted octanol–water partition coefficient (Wildman–Crippen LogP) is 2.33. The van der Waals surface area contributed by atoms with Crippen molar-refractivity contribution in [2.24, 2.45) is 16.7 Å². The molecule has 2 rings (SSSR count). The Hall–Kier alpha value is 0.300. The zero-order chi connectivity index (χ0) is 10.6. The summed E-state index contributed by atoms with van der Waals surface area (Å²) in [6.45, 7) is 2.06. The van der Waals surface area contributed by atoms with Gasteiger partial charge in [-0.25, -0.2) is 0 Å². The maximum Gasteiger partial charge on any atom is 0.206 e. The van der Waals surface area contributed by atoms with E-state index in [1.165, 1.54) is 0 Å². The zero-order valence-corrected chi connectivity index (χ0v) is 11.2. The topological polar surface area (TPSA) is 34.1 Å². The fourth-order valence-corrected chi connectivity index (χ4v) is 5.12. The SMILES string of the molecule is C[C@@]1(CBr)[C@H]2CC[C@@]1(CBr)C(=O)C2=O. The number of alkyl halides is 2. The van der Waals surface area contributed by atoms with Gasteiger partial charge in [-0.2, -0.15) is 0 Å². The molecule has 0 spiro atoms. The second-order valence-corrected chi connectivity index (χ2v) is 5.67. The molecule has 2 bridgehead atoms. The molecule has 0 amide bonds. The second kappa shape index (κ2) is 3.14. The van der Waals surface area contributed by atoms with Crippen molar-refractivity contribution in [2.45, 2.75) is 19.8 Å². The van der Waals surface area contributed by atoms with E-state index >= 15 is 0 Å². The van der Waals surface area contributed by atoms with Gasteiger partial charge in [0.05, 0.1) is 5.41 Å². The predicted molar refractivity (Wildman–Crippen MR) is 60.9 cm³/mol. The molecule has 2 aliphatic rings. The first-order valence-corrected chi connectivity index (χ1v) is 6.98. The second-order valence-electron chi connectivity index (χ2n) is 4.55. The van der Waals surface area contributed by atoms with Crippen molar-refractivity contribution in [1.29, 1.82) is 0 Å². The third kappa shape index (κ3) is 0.921. The van der Waals surface area contributed by atoms with E-state index in [2.05, 4.69) is 38.8 Å². The highest BCUT2D eigenvalue weighted by atomic mass is 79.9. The van der Waals surface area contributed by atoms with Crippen LogP contribution in [0.3, 0.4) is 0 Å². The van der Waals surface area contributed by atoms with Gasteiger partial charge in [0.2, 0.25) is 11.6 Å². The van der Waals surface area contributed by atoms with Gasteiger partial charge in [0, 0.05) is 22.0 Å². The minimum absolute atomic E-state index is 0.0491. The van der Waals surface area contributed by atoms with Crippen LogP contribution < -0.4 is 0 Å². The number of hydrogen-bond acceptors (Lipinski definition) is 2. The highest BCUT2D eigenvalue weighted by Crippen LogP contribution is 2.63. The molecule has 2 aliphatic carbocycles. The van der Waals surface area contributed by atoms with E-state index in [4.69, 9.17) is 0 Å². The molecule has 2 nitrogen and oxygen atoms in total. The van der Waals surface area contributed by atoms with Crippen LogP contribution in [0.15, 0.2) is 0 Å². The van der Waals surface area contributed by atoms with Crippen LogP contribution in [0.1, 0.15) is 19.8 Å². The molecule has 2 saturated carbocycles. The normalized spacial score (nSPS) is 46.4. The summed E-state index contributed by atoms with van der Waals surface area (Å²) in [6.07, 6.45) is 1.73. The molecule has 2 fully saturated rings. The van der Waals surface area contributed by atoms with Gasteiger partial charge in [0.15, 0.2) is 0 Å². The zero-order valence-electron chi connectivity index (χ0n) is 7.98. The summed E-state index contributed by atoms with van der Waals surface area (Å²) in [4.78, 5) is 23.6. The minimum Gasteiger partial charge on any atom is -0.291 e.